The first-order valence-electron chi connectivity index (χ1n) is 7.09. The molecule has 1 aliphatic heterocycles. The predicted molar refractivity (Wildman–Crippen MR) is 90.0 cm³/mol. The first-order chi connectivity index (χ1) is 10.5. The molecule has 1 aliphatic rings. The molecule has 0 saturated carbocycles. The summed E-state index contributed by atoms with van der Waals surface area (Å²) in [5.41, 5.74) is 2.35. The maximum atomic E-state index is 12.4. The number of thiocarbonyl (C=S) groups is 1. The molecule has 0 bridgehead atoms. The van der Waals surface area contributed by atoms with Crippen LogP contribution in [0, 0.1) is 6.92 Å². The van der Waals surface area contributed by atoms with Crippen LogP contribution in [-0.4, -0.2) is 36.7 Å². The largest absolute Gasteiger partial charge is 0.493 e. The molecule has 118 valence electrons. The highest BCUT2D eigenvalue weighted by Gasteiger charge is 2.29. The number of nitrogens with one attached hydrogen (secondary N) is 1. The van der Waals surface area contributed by atoms with Gasteiger partial charge in [0, 0.05) is 6.54 Å². The first kappa shape index (κ1) is 16.3. The molecule has 1 fully saturated rings. The molecule has 0 aliphatic carbocycles. The normalized spacial score (nSPS) is 16.2. The molecule has 1 amide bonds. The van der Waals surface area contributed by atoms with E-state index in [1.165, 1.54) is 0 Å². The second-order valence-electron chi connectivity index (χ2n) is 5.01. The number of benzene rings is 1. The molecule has 22 heavy (non-hydrogen) atoms. The van der Waals surface area contributed by atoms with Gasteiger partial charge in [-0.25, -0.2) is 0 Å². The van der Waals surface area contributed by atoms with E-state index >= 15 is 0 Å². The van der Waals surface area contributed by atoms with Crippen molar-refractivity contribution in [2.24, 2.45) is 0 Å². The van der Waals surface area contributed by atoms with Crippen LogP contribution in [0.3, 0.4) is 0 Å². The summed E-state index contributed by atoms with van der Waals surface area (Å²) in [5, 5.41) is 3.43. The van der Waals surface area contributed by atoms with Gasteiger partial charge in [0.2, 0.25) is 0 Å². The average Bonchev–Trinajstić information content (AvgIpc) is 2.76. The van der Waals surface area contributed by atoms with E-state index in [-0.39, 0.29) is 5.91 Å². The Morgan fingerprint density at radius 2 is 1.91 bits per heavy atom. The zero-order valence-electron chi connectivity index (χ0n) is 13.2. The van der Waals surface area contributed by atoms with Gasteiger partial charge in [0.25, 0.3) is 5.91 Å². The van der Waals surface area contributed by atoms with Crippen LogP contribution in [-0.2, 0) is 4.79 Å². The second kappa shape index (κ2) is 6.79. The topological polar surface area (TPSA) is 50.8 Å². The molecular weight excluding hydrogens is 300 g/mol. The monoisotopic (exact) mass is 320 g/mol. The fourth-order valence-corrected chi connectivity index (χ4v) is 2.59. The minimum Gasteiger partial charge on any atom is -0.493 e. The molecule has 0 aromatic heterocycles. The Bertz CT molecular complexity index is 641. The molecule has 1 N–H and O–H groups in total. The van der Waals surface area contributed by atoms with E-state index in [2.05, 4.69) is 5.32 Å². The van der Waals surface area contributed by atoms with Gasteiger partial charge in [0.15, 0.2) is 16.6 Å². The summed E-state index contributed by atoms with van der Waals surface area (Å²) in [4.78, 5) is 13.9. The Balaban J connectivity index is 2.37. The van der Waals surface area contributed by atoms with Crippen molar-refractivity contribution in [1.82, 2.24) is 10.2 Å². The van der Waals surface area contributed by atoms with Crippen LogP contribution in [0.5, 0.6) is 11.5 Å². The Morgan fingerprint density at radius 3 is 2.50 bits per heavy atom. The molecular formula is C16H20N2O3S. The molecule has 1 aromatic rings. The van der Waals surface area contributed by atoms with Crippen molar-refractivity contribution < 1.29 is 14.3 Å². The van der Waals surface area contributed by atoms with Gasteiger partial charge in [0.05, 0.1) is 14.2 Å². The van der Waals surface area contributed by atoms with Gasteiger partial charge >= 0.3 is 0 Å². The number of ether oxygens (including phenoxy) is 2. The van der Waals surface area contributed by atoms with E-state index in [9.17, 15) is 4.79 Å². The average molecular weight is 320 g/mol. The molecule has 0 spiro atoms. The number of nitrogens with zero attached hydrogens (tertiary/aromatic N) is 1. The predicted octanol–water partition coefficient (Wildman–Crippen LogP) is 2.48. The summed E-state index contributed by atoms with van der Waals surface area (Å²) in [6.07, 6.45) is 2.65. The third-order valence-corrected chi connectivity index (χ3v) is 3.80. The van der Waals surface area contributed by atoms with Crippen molar-refractivity contribution in [3.63, 3.8) is 0 Å². The van der Waals surface area contributed by atoms with Gasteiger partial charge in [-0.05, 0) is 54.9 Å². The molecule has 0 radical (unpaired) electrons. The van der Waals surface area contributed by atoms with Crippen molar-refractivity contribution in [1.29, 1.82) is 0 Å². The van der Waals surface area contributed by atoms with Crippen molar-refractivity contribution in [2.45, 2.75) is 20.3 Å². The lowest BCUT2D eigenvalue weighted by Gasteiger charge is -2.12. The number of hydrogen-bond donors (Lipinski definition) is 1. The number of rotatable bonds is 5. The highest BCUT2D eigenvalue weighted by atomic mass is 32.1. The molecule has 1 saturated heterocycles. The summed E-state index contributed by atoms with van der Waals surface area (Å²) in [5.74, 6) is 1.19. The van der Waals surface area contributed by atoms with Crippen LogP contribution >= 0.6 is 12.2 Å². The maximum absolute atomic E-state index is 12.4. The van der Waals surface area contributed by atoms with E-state index in [0.717, 1.165) is 17.5 Å². The maximum Gasteiger partial charge on any atom is 0.276 e. The quantitative estimate of drug-likeness (QED) is 0.667. The van der Waals surface area contributed by atoms with Crippen LogP contribution in [0.25, 0.3) is 6.08 Å². The van der Waals surface area contributed by atoms with Crippen LogP contribution < -0.4 is 14.8 Å². The number of hydrogen-bond acceptors (Lipinski definition) is 4. The van der Waals surface area contributed by atoms with E-state index in [1.807, 2.05) is 26.0 Å². The minimum atomic E-state index is -0.0963. The lowest BCUT2D eigenvalue weighted by atomic mass is 10.1. The molecule has 2 rings (SSSR count). The number of amides is 1. The summed E-state index contributed by atoms with van der Waals surface area (Å²) >= 11 is 5.21. The van der Waals surface area contributed by atoms with E-state index in [4.69, 9.17) is 21.7 Å². The molecule has 5 nitrogen and oxygen atoms in total. The molecule has 0 atom stereocenters. The Labute approximate surface area is 135 Å². The number of carbonyl (C=O) groups is 1. The van der Waals surface area contributed by atoms with Gasteiger partial charge in [-0.3, -0.25) is 9.69 Å². The highest BCUT2D eigenvalue weighted by Crippen LogP contribution is 2.31. The first-order valence-corrected chi connectivity index (χ1v) is 7.49. The zero-order valence-corrected chi connectivity index (χ0v) is 14.0. The lowest BCUT2D eigenvalue weighted by molar-refractivity contribution is -0.122. The standard InChI is InChI=1S/C16H20N2O3S/c1-5-6-18-15(19)12(17-16(18)22)8-11-9-14(21-4)13(20-3)7-10(11)2/h7-9H,5-6H2,1-4H3,(H,17,22)/b12-8-. The van der Waals surface area contributed by atoms with E-state index < -0.39 is 0 Å². The van der Waals surface area contributed by atoms with Crippen LogP contribution in [0.2, 0.25) is 0 Å². The number of aryl methyl sites for hydroxylation is 1. The third kappa shape index (κ3) is 3.06. The van der Waals surface area contributed by atoms with Gasteiger partial charge in [-0.2, -0.15) is 0 Å². The summed E-state index contributed by atoms with van der Waals surface area (Å²) in [6.45, 7) is 4.58. The van der Waals surface area contributed by atoms with Crippen molar-refractivity contribution in [3.8, 4) is 11.5 Å². The number of methoxy groups -OCH3 is 2. The van der Waals surface area contributed by atoms with Crippen molar-refractivity contribution >= 4 is 29.3 Å². The third-order valence-electron chi connectivity index (χ3n) is 3.48. The van der Waals surface area contributed by atoms with Gasteiger partial charge in [0.1, 0.15) is 5.70 Å². The van der Waals surface area contributed by atoms with Gasteiger partial charge < -0.3 is 14.8 Å². The fraction of sp³-hybridized carbons (Fsp3) is 0.375. The Morgan fingerprint density at radius 1 is 1.27 bits per heavy atom. The van der Waals surface area contributed by atoms with Crippen LogP contribution in [0.15, 0.2) is 17.8 Å². The van der Waals surface area contributed by atoms with Gasteiger partial charge in [-0.15, -0.1) is 0 Å². The minimum absolute atomic E-state index is 0.0963. The second-order valence-corrected chi connectivity index (χ2v) is 5.40. The molecule has 1 aromatic carbocycles. The van der Waals surface area contributed by atoms with Gasteiger partial charge in [-0.1, -0.05) is 6.92 Å². The Hall–Kier alpha value is -2.08. The fourth-order valence-electron chi connectivity index (χ4n) is 2.31. The smallest absolute Gasteiger partial charge is 0.276 e. The number of carbonyl (C=O) groups excluding carboxylic acids is 1. The molecule has 1 heterocycles. The summed E-state index contributed by atoms with van der Waals surface area (Å²) in [6, 6.07) is 3.73. The van der Waals surface area contributed by atoms with Crippen molar-refractivity contribution in [3.05, 3.63) is 29.0 Å². The summed E-state index contributed by atoms with van der Waals surface area (Å²) in [7, 11) is 3.18. The summed E-state index contributed by atoms with van der Waals surface area (Å²) < 4.78 is 10.6. The zero-order chi connectivity index (χ0) is 16.3. The lowest BCUT2D eigenvalue weighted by Crippen LogP contribution is -2.31. The van der Waals surface area contributed by atoms with Crippen molar-refractivity contribution in [2.75, 3.05) is 20.8 Å². The Kier molecular flexibility index (Phi) is 5.03. The molecule has 6 heteroatoms. The van der Waals surface area contributed by atoms with E-state index in [1.54, 1.807) is 25.2 Å². The van der Waals surface area contributed by atoms with Crippen LogP contribution in [0.1, 0.15) is 24.5 Å². The molecule has 0 unspecified atom stereocenters. The van der Waals surface area contributed by atoms with Crippen LogP contribution in [0.4, 0.5) is 0 Å². The highest BCUT2D eigenvalue weighted by molar-refractivity contribution is 7.80. The SMILES string of the molecule is CCCN1C(=O)/C(=C/c2cc(OC)c(OC)cc2C)NC1=S. The van der Waals surface area contributed by atoms with E-state index in [0.29, 0.717) is 28.9 Å².